The van der Waals surface area contributed by atoms with Gasteiger partial charge in [0.1, 0.15) is 0 Å². The van der Waals surface area contributed by atoms with Gasteiger partial charge in [0.15, 0.2) is 0 Å². The fourth-order valence-corrected chi connectivity index (χ4v) is 4.01. The molecule has 4 heteroatoms. The van der Waals surface area contributed by atoms with Crippen molar-refractivity contribution < 1.29 is 4.79 Å². The smallest absolute Gasteiger partial charge is 0.223 e. The van der Waals surface area contributed by atoms with Crippen LogP contribution in [0.3, 0.4) is 0 Å². The van der Waals surface area contributed by atoms with Crippen LogP contribution in [0.25, 0.3) is 0 Å². The average Bonchev–Trinajstić information content (AvgIpc) is 2.38. The van der Waals surface area contributed by atoms with Crippen molar-refractivity contribution in [2.24, 2.45) is 17.3 Å². The van der Waals surface area contributed by atoms with E-state index in [9.17, 15) is 4.79 Å². The lowest BCUT2D eigenvalue weighted by Crippen LogP contribution is -2.50. The van der Waals surface area contributed by atoms with Crippen LogP contribution in [0.4, 0.5) is 0 Å². The van der Waals surface area contributed by atoms with Gasteiger partial charge in [0, 0.05) is 18.0 Å². The van der Waals surface area contributed by atoms with E-state index in [0.717, 1.165) is 25.8 Å². The largest absolute Gasteiger partial charge is 0.353 e. The van der Waals surface area contributed by atoms with Crippen molar-refractivity contribution in [1.82, 2.24) is 10.6 Å². The van der Waals surface area contributed by atoms with Crippen molar-refractivity contribution in [3.05, 3.63) is 0 Å². The van der Waals surface area contributed by atoms with Crippen molar-refractivity contribution >= 4 is 18.3 Å². The first-order valence-electron chi connectivity index (χ1n) is 8.41. The molecule has 2 N–H and O–H groups in total. The molecule has 1 saturated carbocycles. The van der Waals surface area contributed by atoms with E-state index in [2.05, 4.69) is 38.3 Å². The molecule has 0 aromatic carbocycles. The molecule has 0 spiro atoms. The summed E-state index contributed by atoms with van der Waals surface area (Å²) in [7, 11) is 0. The Morgan fingerprint density at radius 2 is 1.81 bits per heavy atom. The maximum Gasteiger partial charge on any atom is 0.223 e. The van der Waals surface area contributed by atoms with E-state index in [4.69, 9.17) is 0 Å². The van der Waals surface area contributed by atoms with Gasteiger partial charge in [0.2, 0.25) is 5.91 Å². The Morgan fingerprint density at radius 1 is 1.14 bits per heavy atom. The fraction of sp³-hybridized carbons (Fsp3) is 0.941. The summed E-state index contributed by atoms with van der Waals surface area (Å²) in [5.41, 5.74) is 0.291. The summed E-state index contributed by atoms with van der Waals surface area (Å²) < 4.78 is 0. The number of carbonyl (C=O) groups is 1. The van der Waals surface area contributed by atoms with E-state index in [1.54, 1.807) is 0 Å². The Morgan fingerprint density at radius 3 is 2.43 bits per heavy atom. The van der Waals surface area contributed by atoms with Crippen molar-refractivity contribution in [1.29, 1.82) is 0 Å². The third-order valence-corrected chi connectivity index (χ3v) is 5.20. The van der Waals surface area contributed by atoms with Crippen LogP contribution in [0.2, 0.25) is 0 Å². The van der Waals surface area contributed by atoms with E-state index in [0.29, 0.717) is 29.3 Å². The highest BCUT2D eigenvalue weighted by Crippen LogP contribution is 2.38. The van der Waals surface area contributed by atoms with Gasteiger partial charge in [-0.25, -0.2) is 0 Å². The van der Waals surface area contributed by atoms with Crippen LogP contribution in [0.15, 0.2) is 0 Å². The molecule has 1 heterocycles. The monoisotopic (exact) mass is 316 g/mol. The van der Waals surface area contributed by atoms with Crippen LogP contribution >= 0.6 is 12.4 Å². The zero-order valence-electron chi connectivity index (χ0n) is 14.1. The first-order valence-corrected chi connectivity index (χ1v) is 8.41. The number of hydrogen-bond acceptors (Lipinski definition) is 2. The van der Waals surface area contributed by atoms with Crippen LogP contribution in [0.1, 0.15) is 66.2 Å². The molecule has 3 nitrogen and oxygen atoms in total. The molecule has 21 heavy (non-hydrogen) atoms. The van der Waals surface area contributed by atoms with Crippen molar-refractivity contribution in [2.45, 2.75) is 78.3 Å². The van der Waals surface area contributed by atoms with Crippen molar-refractivity contribution in [3.8, 4) is 0 Å². The number of piperidine rings is 1. The topological polar surface area (TPSA) is 41.1 Å². The van der Waals surface area contributed by atoms with Crippen LogP contribution in [0, 0.1) is 17.3 Å². The van der Waals surface area contributed by atoms with E-state index < -0.39 is 0 Å². The van der Waals surface area contributed by atoms with Gasteiger partial charge in [-0.2, -0.15) is 0 Å². The Balaban J connectivity index is 0.00000220. The number of amides is 1. The summed E-state index contributed by atoms with van der Waals surface area (Å²) in [6.07, 6.45) is 6.98. The summed E-state index contributed by atoms with van der Waals surface area (Å²) in [4.78, 5) is 12.5. The highest BCUT2D eigenvalue weighted by Gasteiger charge is 2.36. The van der Waals surface area contributed by atoms with Crippen LogP contribution in [-0.2, 0) is 4.79 Å². The maximum absolute atomic E-state index is 12.5. The van der Waals surface area contributed by atoms with Gasteiger partial charge in [-0.05, 0) is 50.5 Å². The van der Waals surface area contributed by atoms with Gasteiger partial charge in [-0.15, -0.1) is 12.4 Å². The second kappa shape index (κ2) is 7.82. The summed E-state index contributed by atoms with van der Waals surface area (Å²) in [6, 6.07) is 0.866. The molecule has 0 bridgehead atoms. The zero-order valence-corrected chi connectivity index (χ0v) is 14.9. The van der Waals surface area contributed by atoms with E-state index in [1.165, 1.54) is 19.3 Å². The fourth-order valence-electron chi connectivity index (χ4n) is 4.01. The molecule has 0 aromatic heterocycles. The van der Waals surface area contributed by atoms with E-state index in [1.807, 2.05) is 0 Å². The molecule has 2 aliphatic rings. The minimum absolute atomic E-state index is 0. The highest BCUT2D eigenvalue weighted by molar-refractivity contribution is 5.85. The second-order valence-corrected chi connectivity index (χ2v) is 7.95. The summed E-state index contributed by atoms with van der Waals surface area (Å²) in [6.45, 7) is 10.1. The Kier molecular flexibility index (Phi) is 6.99. The van der Waals surface area contributed by atoms with Gasteiger partial charge < -0.3 is 10.6 Å². The molecule has 1 aliphatic carbocycles. The third kappa shape index (κ3) is 5.14. The summed E-state index contributed by atoms with van der Waals surface area (Å²) >= 11 is 0. The maximum atomic E-state index is 12.5. The first-order chi connectivity index (χ1) is 9.38. The highest BCUT2D eigenvalue weighted by atomic mass is 35.5. The van der Waals surface area contributed by atoms with Gasteiger partial charge in [-0.1, -0.05) is 33.6 Å². The molecule has 1 aliphatic heterocycles. The number of hydrogen-bond donors (Lipinski definition) is 2. The van der Waals surface area contributed by atoms with Crippen molar-refractivity contribution in [3.63, 3.8) is 0 Å². The summed E-state index contributed by atoms with van der Waals surface area (Å²) in [5, 5.41) is 6.82. The predicted molar refractivity (Wildman–Crippen MR) is 90.8 cm³/mol. The van der Waals surface area contributed by atoms with Crippen molar-refractivity contribution in [2.75, 3.05) is 6.54 Å². The third-order valence-electron chi connectivity index (χ3n) is 5.20. The van der Waals surface area contributed by atoms with Gasteiger partial charge >= 0.3 is 0 Å². The molecule has 4 atom stereocenters. The quantitative estimate of drug-likeness (QED) is 0.818. The van der Waals surface area contributed by atoms with Gasteiger partial charge in [0.05, 0.1) is 0 Å². The van der Waals surface area contributed by atoms with E-state index >= 15 is 0 Å². The normalized spacial score (nSPS) is 33.9. The first kappa shape index (κ1) is 18.8. The molecule has 2 unspecified atom stereocenters. The van der Waals surface area contributed by atoms with E-state index in [-0.39, 0.29) is 18.3 Å². The second-order valence-electron chi connectivity index (χ2n) is 7.95. The molecular weight excluding hydrogens is 284 g/mol. The SMILES string of the molecule is C[C@H]1C[C@@H](C(=O)NC2CCCCC2C(C)(C)C)CCN1.Cl. The average molecular weight is 317 g/mol. The Labute approximate surface area is 136 Å². The standard InChI is InChI=1S/C17H32N2O.ClH/c1-12-11-13(9-10-18-12)16(20)19-15-8-6-5-7-14(15)17(2,3)4;/h12-15,18H,5-11H2,1-4H3,(H,19,20);1H/t12-,13-,14?,15?;/m0./s1. The number of rotatable bonds is 2. The molecule has 1 amide bonds. The number of carbonyl (C=O) groups excluding carboxylic acids is 1. The lowest BCUT2D eigenvalue weighted by atomic mass is 9.69. The molecule has 1 saturated heterocycles. The van der Waals surface area contributed by atoms with Gasteiger partial charge in [0.25, 0.3) is 0 Å². The Hall–Kier alpha value is -0.280. The van der Waals surface area contributed by atoms with Gasteiger partial charge in [-0.3, -0.25) is 4.79 Å². The molecule has 2 rings (SSSR count). The zero-order chi connectivity index (χ0) is 14.8. The lowest BCUT2D eigenvalue weighted by molar-refractivity contribution is -0.127. The summed E-state index contributed by atoms with van der Waals surface area (Å²) in [5.74, 6) is 1.15. The Bertz CT molecular complexity index is 340. The predicted octanol–water partition coefficient (Wildman–Crippen LogP) is 3.52. The lowest BCUT2D eigenvalue weighted by Gasteiger charge is -2.41. The minimum atomic E-state index is 0. The molecule has 0 radical (unpaired) electrons. The number of halogens is 1. The van der Waals surface area contributed by atoms with Crippen LogP contribution in [0.5, 0.6) is 0 Å². The van der Waals surface area contributed by atoms with Crippen LogP contribution in [-0.4, -0.2) is 24.5 Å². The molecule has 2 fully saturated rings. The molecule has 124 valence electrons. The molecule has 0 aromatic rings. The van der Waals surface area contributed by atoms with Crippen LogP contribution < -0.4 is 10.6 Å². The number of nitrogens with one attached hydrogen (secondary N) is 2. The molecular formula is C17H33ClN2O. The minimum Gasteiger partial charge on any atom is -0.353 e.